The minimum atomic E-state index is 0.620. The lowest BCUT2D eigenvalue weighted by Crippen LogP contribution is -2.46. The number of aromatic amines is 1. The first-order chi connectivity index (χ1) is 9.38. The summed E-state index contributed by atoms with van der Waals surface area (Å²) in [5.74, 6) is 0. The summed E-state index contributed by atoms with van der Waals surface area (Å²) in [6.07, 6.45) is 2.37. The summed E-state index contributed by atoms with van der Waals surface area (Å²) in [5, 5.41) is 8.62. The van der Waals surface area contributed by atoms with Crippen LogP contribution < -0.4 is 4.90 Å². The highest BCUT2D eigenvalue weighted by molar-refractivity contribution is 5.88. The van der Waals surface area contributed by atoms with Crippen LogP contribution in [0, 0.1) is 11.3 Å². The van der Waals surface area contributed by atoms with Crippen molar-refractivity contribution in [3.63, 3.8) is 0 Å². The molecule has 19 heavy (non-hydrogen) atoms. The molecule has 1 aliphatic heterocycles. The van der Waals surface area contributed by atoms with Crippen LogP contribution in [-0.4, -0.2) is 47.6 Å². The van der Waals surface area contributed by atoms with E-state index in [1.807, 2.05) is 0 Å². The Balaban J connectivity index is 1.72. The Morgan fingerprint density at radius 3 is 2.89 bits per heavy atom. The van der Waals surface area contributed by atoms with Crippen LogP contribution in [0.15, 0.2) is 24.5 Å². The number of fused-ring (bicyclic) bond motifs is 1. The monoisotopic (exact) mass is 255 g/mol. The zero-order chi connectivity index (χ0) is 13.1. The molecule has 5 heteroatoms. The molecule has 1 aromatic heterocycles. The molecule has 5 nitrogen and oxygen atoms in total. The SMILES string of the molecule is N#CCCN1CCN(c2cccc3[nH]cnc23)CC1. The van der Waals surface area contributed by atoms with Crippen molar-refractivity contribution in [2.45, 2.75) is 6.42 Å². The van der Waals surface area contributed by atoms with Crippen LogP contribution in [0.2, 0.25) is 0 Å². The Labute approximate surface area is 112 Å². The third-order valence-corrected chi connectivity index (χ3v) is 3.68. The summed E-state index contributed by atoms with van der Waals surface area (Å²) in [4.78, 5) is 12.3. The van der Waals surface area contributed by atoms with Crippen LogP contribution in [0.4, 0.5) is 5.69 Å². The number of benzene rings is 1. The summed E-state index contributed by atoms with van der Waals surface area (Å²) in [6.45, 7) is 4.91. The Bertz CT molecular complexity index is 589. The topological polar surface area (TPSA) is 59.0 Å². The van der Waals surface area contributed by atoms with Gasteiger partial charge in [0.15, 0.2) is 0 Å². The van der Waals surface area contributed by atoms with Gasteiger partial charge < -0.3 is 9.88 Å². The molecule has 0 bridgehead atoms. The number of nitriles is 1. The number of anilines is 1. The number of piperazine rings is 1. The minimum absolute atomic E-state index is 0.620. The maximum Gasteiger partial charge on any atom is 0.112 e. The second-order valence-electron chi connectivity index (χ2n) is 4.81. The van der Waals surface area contributed by atoms with Crippen molar-refractivity contribution < 1.29 is 0 Å². The van der Waals surface area contributed by atoms with E-state index in [2.05, 4.69) is 44.0 Å². The van der Waals surface area contributed by atoms with E-state index in [0.29, 0.717) is 6.42 Å². The van der Waals surface area contributed by atoms with Crippen LogP contribution in [0.1, 0.15) is 6.42 Å². The van der Waals surface area contributed by atoms with Gasteiger partial charge in [-0.15, -0.1) is 0 Å². The molecule has 1 saturated heterocycles. The number of aromatic nitrogens is 2. The third kappa shape index (κ3) is 2.40. The van der Waals surface area contributed by atoms with Crippen LogP contribution in [0.5, 0.6) is 0 Å². The van der Waals surface area contributed by atoms with E-state index < -0.39 is 0 Å². The lowest BCUT2D eigenvalue weighted by Gasteiger charge is -2.35. The lowest BCUT2D eigenvalue weighted by molar-refractivity contribution is 0.263. The van der Waals surface area contributed by atoms with E-state index in [1.54, 1.807) is 6.33 Å². The summed E-state index contributed by atoms with van der Waals surface area (Å²) >= 11 is 0. The molecule has 98 valence electrons. The second kappa shape index (κ2) is 5.29. The number of hydrogen-bond acceptors (Lipinski definition) is 4. The number of rotatable bonds is 3. The summed E-state index contributed by atoms with van der Waals surface area (Å²) < 4.78 is 0. The standard InChI is InChI=1S/C14H17N5/c15-5-2-6-18-7-9-19(10-8-18)13-4-1-3-12-14(13)17-11-16-12/h1,3-4,11H,2,6-10H2,(H,16,17). The molecule has 2 heterocycles. The fourth-order valence-electron chi connectivity index (χ4n) is 2.63. The quantitative estimate of drug-likeness (QED) is 0.905. The van der Waals surface area contributed by atoms with Gasteiger partial charge in [0.1, 0.15) is 5.52 Å². The predicted molar refractivity (Wildman–Crippen MR) is 75.0 cm³/mol. The Hall–Kier alpha value is -2.06. The Morgan fingerprint density at radius 2 is 2.11 bits per heavy atom. The molecule has 1 N–H and O–H groups in total. The molecule has 0 spiro atoms. The van der Waals surface area contributed by atoms with Gasteiger partial charge in [-0.1, -0.05) is 6.07 Å². The molecule has 0 amide bonds. The average molecular weight is 255 g/mol. The van der Waals surface area contributed by atoms with Crippen molar-refractivity contribution in [1.29, 1.82) is 5.26 Å². The molecule has 0 saturated carbocycles. The lowest BCUT2D eigenvalue weighted by atomic mass is 10.2. The average Bonchev–Trinajstić information content (AvgIpc) is 2.94. The zero-order valence-corrected chi connectivity index (χ0v) is 10.8. The number of nitrogens with zero attached hydrogens (tertiary/aromatic N) is 4. The van der Waals surface area contributed by atoms with E-state index in [-0.39, 0.29) is 0 Å². The second-order valence-corrected chi connectivity index (χ2v) is 4.81. The van der Waals surface area contributed by atoms with Crippen molar-refractivity contribution >= 4 is 16.7 Å². The van der Waals surface area contributed by atoms with Crippen molar-refractivity contribution in [1.82, 2.24) is 14.9 Å². The third-order valence-electron chi connectivity index (χ3n) is 3.68. The van der Waals surface area contributed by atoms with Crippen LogP contribution in [0.25, 0.3) is 11.0 Å². The highest BCUT2D eigenvalue weighted by atomic mass is 15.3. The van der Waals surface area contributed by atoms with Gasteiger partial charge in [0, 0.05) is 39.1 Å². The van der Waals surface area contributed by atoms with E-state index in [4.69, 9.17) is 5.26 Å². The van der Waals surface area contributed by atoms with Gasteiger partial charge in [-0.05, 0) is 12.1 Å². The molecule has 2 aromatic rings. The van der Waals surface area contributed by atoms with Crippen molar-refractivity contribution in [2.24, 2.45) is 0 Å². The van der Waals surface area contributed by atoms with Crippen LogP contribution in [-0.2, 0) is 0 Å². The molecule has 3 rings (SSSR count). The normalized spacial score (nSPS) is 16.7. The number of hydrogen-bond donors (Lipinski definition) is 1. The number of para-hydroxylation sites is 1. The summed E-state index contributed by atoms with van der Waals surface area (Å²) in [7, 11) is 0. The van der Waals surface area contributed by atoms with Gasteiger partial charge in [0.2, 0.25) is 0 Å². The van der Waals surface area contributed by atoms with Gasteiger partial charge >= 0.3 is 0 Å². The van der Waals surface area contributed by atoms with Gasteiger partial charge in [0.25, 0.3) is 0 Å². The smallest absolute Gasteiger partial charge is 0.112 e. The number of nitrogens with one attached hydrogen (secondary N) is 1. The molecular weight excluding hydrogens is 238 g/mol. The van der Waals surface area contributed by atoms with E-state index in [1.165, 1.54) is 5.69 Å². The summed E-state index contributed by atoms with van der Waals surface area (Å²) in [5.41, 5.74) is 3.34. The molecule has 0 radical (unpaired) electrons. The molecule has 1 aromatic carbocycles. The first-order valence-electron chi connectivity index (χ1n) is 6.65. The maximum absolute atomic E-state index is 8.62. The first kappa shape index (κ1) is 12.0. The van der Waals surface area contributed by atoms with Crippen molar-refractivity contribution in [3.8, 4) is 6.07 Å². The van der Waals surface area contributed by atoms with Gasteiger partial charge in [0.05, 0.1) is 23.6 Å². The van der Waals surface area contributed by atoms with Gasteiger partial charge in [-0.3, -0.25) is 4.90 Å². The Morgan fingerprint density at radius 1 is 1.26 bits per heavy atom. The predicted octanol–water partition coefficient (Wildman–Crippen LogP) is 1.60. The van der Waals surface area contributed by atoms with E-state index in [9.17, 15) is 0 Å². The fourth-order valence-corrected chi connectivity index (χ4v) is 2.63. The summed E-state index contributed by atoms with van der Waals surface area (Å²) in [6, 6.07) is 8.46. The highest BCUT2D eigenvalue weighted by Crippen LogP contribution is 2.24. The molecule has 0 unspecified atom stereocenters. The Kier molecular flexibility index (Phi) is 3.34. The molecule has 1 fully saturated rings. The van der Waals surface area contributed by atoms with E-state index in [0.717, 1.165) is 43.8 Å². The molecule has 1 aliphatic rings. The van der Waals surface area contributed by atoms with Crippen LogP contribution in [0.3, 0.4) is 0 Å². The van der Waals surface area contributed by atoms with Crippen molar-refractivity contribution in [3.05, 3.63) is 24.5 Å². The molecule has 0 atom stereocenters. The minimum Gasteiger partial charge on any atom is -0.367 e. The zero-order valence-electron chi connectivity index (χ0n) is 10.8. The maximum atomic E-state index is 8.62. The van der Waals surface area contributed by atoms with Crippen molar-refractivity contribution in [2.75, 3.05) is 37.6 Å². The highest BCUT2D eigenvalue weighted by Gasteiger charge is 2.18. The number of H-pyrrole nitrogens is 1. The first-order valence-corrected chi connectivity index (χ1v) is 6.65. The fraction of sp³-hybridized carbons (Fsp3) is 0.429. The van der Waals surface area contributed by atoms with Gasteiger partial charge in [-0.25, -0.2) is 4.98 Å². The van der Waals surface area contributed by atoms with E-state index >= 15 is 0 Å². The largest absolute Gasteiger partial charge is 0.367 e. The number of imidazole rings is 1. The molecule has 0 aliphatic carbocycles. The van der Waals surface area contributed by atoms with Gasteiger partial charge in [-0.2, -0.15) is 5.26 Å². The van der Waals surface area contributed by atoms with Crippen LogP contribution >= 0.6 is 0 Å². The molecular formula is C14H17N5.